The summed E-state index contributed by atoms with van der Waals surface area (Å²) in [6, 6.07) is 5.47. The summed E-state index contributed by atoms with van der Waals surface area (Å²) in [4.78, 5) is 15.7. The van der Waals surface area contributed by atoms with E-state index in [4.69, 9.17) is 11.6 Å². The van der Waals surface area contributed by atoms with Crippen LogP contribution in [0.5, 0.6) is 0 Å². The van der Waals surface area contributed by atoms with Gasteiger partial charge in [0.1, 0.15) is 5.82 Å². The van der Waals surface area contributed by atoms with Gasteiger partial charge in [-0.3, -0.25) is 9.78 Å². The molecule has 2 aromatic rings. The Bertz CT molecular complexity index is 606. The van der Waals surface area contributed by atoms with E-state index in [2.05, 4.69) is 26.2 Å². The van der Waals surface area contributed by atoms with Gasteiger partial charge in [-0.05, 0) is 40.2 Å². The molecule has 1 amide bonds. The van der Waals surface area contributed by atoms with E-state index >= 15 is 0 Å². The third-order valence-electron chi connectivity index (χ3n) is 2.14. The van der Waals surface area contributed by atoms with Gasteiger partial charge in [-0.25, -0.2) is 4.39 Å². The van der Waals surface area contributed by atoms with Gasteiger partial charge in [-0.2, -0.15) is 0 Å². The summed E-state index contributed by atoms with van der Waals surface area (Å²) in [5.74, 6) is -1.20. The van der Waals surface area contributed by atoms with Crippen LogP contribution < -0.4 is 5.32 Å². The molecule has 3 nitrogen and oxygen atoms in total. The maximum atomic E-state index is 13.5. The van der Waals surface area contributed by atoms with Crippen LogP contribution in [0.25, 0.3) is 0 Å². The zero-order chi connectivity index (χ0) is 13.1. The Kier molecular flexibility index (Phi) is 3.93. The number of carbonyl (C=O) groups is 1. The number of nitrogens with zero attached hydrogens (tertiary/aromatic N) is 1. The van der Waals surface area contributed by atoms with Gasteiger partial charge in [0.25, 0.3) is 5.91 Å². The average molecular weight is 330 g/mol. The summed E-state index contributed by atoms with van der Waals surface area (Å²) in [6.45, 7) is 0. The summed E-state index contributed by atoms with van der Waals surface area (Å²) in [5, 5.41) is 2.84. The lowest BCUT2D eigenvalue weighted by Crippen LogP contribution is -2.13. The Morgan fingerprint density at radius 1 is 1.33 bits per heavy atom. The normalized spacial score (nSPS) is 10.2. The Morgan fingerprint density at radius 3 is 2.83 bits per heavy atom. The molecular weight excluding hydrogens is 322 g/mol. The topological polar surface area (TPSA) is 42.0 Å². The van der Waals surface area contributed by atoms with Crippen molar-refractivity contribution in [3.63, 3.8) is 0 Å². The van der Waals surface area contributed by atoms with Crippen molar-refractivity contribution >= 4 is 39.1 Å². The molecule has 1 heterocycles. The van der Waals surface area contributed by atoms with E-state index in [-0.39, 0.29) is 5.56 Å². The predicted octanol–water partition coefficient (Wildman–Crippen LogP) is 3.89. The predicted molar refractivity (Wildman–Crippen MR) is 71.3 cm³/mol. The van der Waals surface area contributed by atoms with Crippen molar-refractivity contribution in [2.45, 2.75) is 0 Å². The molecule has 0 unspecified atom stereocenters. The van der Waals surface area contributed by atoms with E-state index in [0.717, 1.165) is 6.07 Å². The molecular formula is C12H7BrClFN2O. The second kappa shape index (κ2) is 5.46. The van der Waals surface area contributed by atoms with Crippen molar-refractivity contribution in [1.29, 1.82) is 0 Å². The van der Waals surface area contributed by atoms with Crippen LogP contribution in [0.4, 0.5) is 10.1 Å². The van der Waals surface area contributed by atoms with Gasteiger partial charge in [0, 0.05) is 15.7 Å². The minimum atomic E-state index is -0.625. The largest absolute Gasteiger partial charge is 0.320 e. The highest BCUT2D eigenvalue weighted by Crippen LogP contribution is 2.18. The smallest absolute Gasteiger partial charge is 0.258 e. The standard InChI is InChI=1S/C12H7BrClFN2O/c13-7-3-9(6-16-5-7)17-12(18)10-4-8(14)1-2-11(10)15/h1-6H,(H,17,18). The highest BCUT2D eigenvalue weighted by Gasteiger charge is 2.12. The number of benzene rings is 1. The molecule has 1 N–H and O–H groups in total. The Labute approximate surface area is 116 Å². The average Bonchev–Trinajstić information content (AvgIpc) is 2.32. The minimum absolute atomic E-state index is 0.109. The second-order valence-corrected chi connectivity index (χ2v) is 4.82. The molecule has 0 atom stereocenters. The van der Waals surface area contributed by atoms with Crippen LogP contribution in [0.3, 0.4) is 0 Å². The number of halogens is 3. The van der Waals surface area contributed by atoms with Crippen LogP contribution in [-0.4, -0.2) is 10.9 Å². The third kappa shape index (κ3) is 3.05. The summed E-state index contributed by atoms with van der Waals surface area (Å²) < 4.78 is 14.2. The van der Waals surface area contributed by atoms with E-state index in [0.29, 0.717) is 15.2 Å². The van der Waals surface area contributed by atoms with Crippen LogP contribution >= 0.6 is 27.5 Å². The van der Waals surface area contributed by atoms with Crippen LogP contribution in [0, 0.1) is 5.82 Å². The number of pyridine rings is 1. The highest BCUT2D eigenvalue weighted by molar-refractivity contribution is 9.10. The van der Waals surface area contributed by atoms with Crippen molar-refractivity contribution in [3.05, 3.63) is 57.5 Å². The molecule has 0 radical (unpaired) electrons. The fourth-order valence-electron chi connectivity index (χ4n) is 1.35. The fraction of sp³-hybridized carbons (Fsp3) is 0. The first-order chi connectivity index (χ1) is 8.56. The van der Waals surface area contributed by atoms with E-state index in [9.17, 15) is 9.18 Å². The maximum absolute atomic E-state index is 13.5. The van der Waals surface area contributed by atoms with E-state index in [1.807, 2.05) is 0 Å². The number of hydrogen-bond acceptors (Lipinski definition) is 2. The molecule has 18 heavy (non-hydrogen) atoms. The van der Waals surface area contributed by atoms with Crippen molar-refractivity contribution in [2.24, 2.45) is 0 Å². The van der Waals surface area contributed by atoms with Crippen molar-refractivity contribution in [2.75, 3.05) is 5.32 Å². The number of amides is 1. The first-order valence-corrected chi connectivity index (χ1v) is 6.10. The molecule has 1 aromatic carbocycles. The SMILES string of the molecule is O=C(Nc1cncc(Br)c1)c1cc(Cl)ccc1F. The number of hydrogen-bond donors (Lipinski definition) is 1. The van der Waals surface area contributed by atoms with Crippen LogP contribution in [0.1, 0.15) is 10.4 Å². The Hall–Kier alpha value is -1.46. The van der Waals surface area contributed by atoms with Gasteiger partial charge in [0.05, 0.1) is 17.4 Å². The molecule has 0 saturated heterocycles. The number of nitrogens with one attached hydrogen (secondary N) is 1. The van der Waals surface area contributed by atoms with Crippen LogP contribution in [-0.2, 0) is 0 Å². The first kappa shape index (κ1) is 13.0. The lowest BCUT2D eigenvalue weighted by molar-refractivity contribution is 0.102. The molecule has 0 aliphatic heterocycles. The number of anilines is 1. The minimum Gasteiger partial charge on any atom is -0.320 e. The van der Waals surface area contributed by atoms with Gasteiger partial charge in [-0.15, -0.1) is 0 Å². The van der Waals surface area contributed by atoms with Crippen molar-refractivity contribution in [3.8, 4) is 0 Å². The summed E-state index contributed by atoms with van der Waals surface area (Å²) >= 11 is 8.95. The van der Waals surface area contributed by atoms with Crippen LogP contribution in [0.2, 0.25) is 5.02 Å². The Balaban J connectivity index is 2.24. The van der Waals surface area contributed by atoms with E-state index in [1.165, 1.54) is 18.3 Å². The summed E-state index contributed by atoms with van der Waals surface area (Å²) in [7, 11) is 0. The fourth-order valence-corrected chi connectivity index (χ4v) is 1.89. The van der Waals surface area contributed by atoms with Gasteiger partial charge >= 0.3 is 0 Å². The second-order valence-electron chi connectivity index (χ2n) is 3.47. The van der Waals surface area contributed by atoms with Gasteiger partial charge in [-0.1, -0.05) is 11.6 Å². The third-order valence-corrected chi connectivity index (χ3v) is 2.80. The lowest BCUT2D eigenvalue weighted by atomic mass is 10.2. The molecule has 0 aliphatic carbocycles. The van der Waals surface area contributed by atoms with Crippen molar-refractivity contribution in [1.82, 2.24) is 4.98 Å². The van der Waals surface area contributed by atoms with Gasteiger partial charge in [0.2, 0.25) is 0 Å². The zero-order valence-corrected chi connectivity index (χ0v) is 11.3. The first-order valence-electron chi connectivity index (χ1n) is 4.93. The van der Waals surface area contributed by atoms with Crippen LogP contribution in [0.15, 0.2) is 41.1 Å². The maximum Gasteiger partial charge on any atom is 0.258 e. The molecule has 0 aliphatic rings. The molecule has 6 heteroatoms. The van der Waals surface area contributed by atoms with Gasteiger partial charge in [0.15, 0.2) is 0 Å². The van der Waals surface area contributed by atoms with E-state index in [1.54, 1.807) is 12.3 Å². The highest BCUT2D eigenvalue weighted by atomic mass is 79.9. The zero-order valence-electron chi connectivity index (χ0n) is 8.95. The molecule has 1 aromatic heterocycles. The molecule has 0 fully saturated rings. The quantitative estimate of drug-likeness (QED) is 0.908. The lowest BCUT2D eigenvalue weighted by Gasteiger charge is -2.06. The summed E-state index contributed by atoms with van der Waals surface area (Å²) in [6.07, 6.45) is 3.04. The summed E-state index contributed by atoms with van der Waals surface area (Å²) in [5.41, 5.74) is 0.358. The number of aromatic nitrogens is 1. The number of carbonyl (C=O) groups excluding carboxylic acids is 1. The molecule has 0 spiro atoms. The van der Waals surface area contributed by atoms with Gasteiger partial charge < -0.3 is 5.32 Å². The molecule has 0 bridgehead atoms. The van der Waals surface area contributed by atoms with Crippen molar-refractivity contribution < 1.29 is 9.18 Å². The monoisotopic (exact) mass is 328 g/mol. The van der Waals surface area contributed by atoms with E-state index < -0.39 is 11.7 Å². The Morgan fingerprint density at radius 2 is 2.11 bits per heavy atom. The molecule has 0 saturated carbocycles. The number of rotatable bonds is 2. The molecule has 92 valence electrons. The molecule has 2 rings (SSSR count).